The van der Waals surface area contributed by atoms with Gasteiger partial charge in [0.2, 0.25) is 0 Å². The topological polar surface area (TPSA) is 42.1 Å². The molecular weight excluding hydrogens is 321 g/mol. The van der Waals surface area contributed by atoms with Gasteiger partial charge in [-0.2, -0.15) is 0 Å². The molecule has 1 aliphatic heterocycles. The molecule has 1 aliphatic rings. The molecule has 120 valence electrons. The Hall–Kier alpha value is -1.17. The van der Waals surface area contributed by atoms with Gasteiger partial charge in [-0.1, -0.05) is 12.1 Å². The molecule has 0 radical (unpaired) electrons. The molecule has 0 amide bonds. The van der Waals surface area contributed by atoms with Gasteiger partial charge in [0.25, 0.3) is 0 Å². The highest BCUT2D eigenvalue weighted by molar-refractivity contribution is 7.15. The molecule has 0 spiro atoms. The van der Waals surface area contributed by atoms with Crippen molar-refractivity contribution in [3.63, 3.8) is 0 Å². The van der Waals surface area contributed by atoms with Gasteiger partial charge in [0.15, 0.2) is 5.13 Å². The number of nitrogens with zero attached hydrogens (tertiary/aromatic N) is 2. The summed E-state index contributed by atoms with van der Waals surface area (Å²) in [7, 11) is 0. The van der Waals surface area contributed by atoms with Crippen molar-refractivity contribution in [2.24, 2.45) is 0 Å². The van der Waals surface area contributed by atoms with E-state index in [1.165, 1.54) is 23.3 Å². The van der Waals surface area contributed by atoms with Gasteiger partial charge in [-0.3, -0.25) is 4.90 Å². The van der Waals surface area contributed by atoms with E-state index in [0.29, 0.717) is 11.0 Å². The van der Waals surface area contributed by atoms with Crippen molar-refractivity contribution in [3.05, 3.63) is 46.7 Å². The number of rotatable bonds is 3. The predicted molar refractivity (Wildman–Crippen MR) is 92.0 cm³/mol. The minimum atomic E-state index is -0.156. The van der Waals surface area contributed by atoms with E-state index in [0.717, 1.165) is 26.1 Å². The molecule has 2 heterocycles. The van der Waals surface area contributed by atoms with Crippen molar-refractivity contribution < 1.29 is 4.39 Å². The van der Waals surface area contributed by atoms with Crippen LogP contribution in [0.5, 0.6) is 0 Å². The molecular formula is C16H21ClFN3S. The lowest BCUT2D eigenvalue weighted by atomic mass is 9.92. The van der Waals surface area contributed by atoms with Gasteiger partial charge < -0.3 is 5.73 Å². The fraction of sp³-hybridized carbons (Fsp3) is 0.438. The van der Waals surface area contributed by atoms with Crippen LogP contribution in [-0.2, 0) is 6.54 Å². The summed E-state index contributed by atoms with van der Waals surface area (Å²) < 4.78 is 13.0. The van der Waals surface area contributed by atoms with E-state index in [1.807, 2.05) is 18.3 Å². The van der Waals surface area contributed by atoms with E-state index in [-0.39, 0.29) is 18.2 Å². The highest BCUT2D eigenvalue weighted by atomic mass is 35.5. The third-order valence-corrected chi connectivity index (χ3v) is 4.92. The van der Waals surface area contributed by atoms with Crippen LogP contribution in [0.1, 0.15) is 35.6 Å². The molecule has 3 nitrogen and oxygen atoms in total. The van der Waals surface area contributed by atoms with Crippen LogP contribution in [0.15, 0.2) is 30.5 Å². The first-order valence-corrected chi connectivity index (χ1v) is 8.20. The van der Waals surface area contributed by atoms with Crippen LogP contribution in [0.2, 0.25) is 0 Å². The molecule has 1 aromatic heterocycles. The number of benzene rings is 1. The Morgan fingerprint density at radius 1 is 1.23 bits per heavy atom. The number of aromatic nitrogens is 1. The van der Waals surface area contributed by atoms with Crippen LogP contribution in [0.4, 0.5) is 9.52 Å². The first kappa shape index (κ1) is 17.2. The second-order valence-electron chi connectivity index (χ2n) is 5.62. The summed E-state index contributed by atoms with van der Waals surface area (Å²) in [6.07, 6.45) is 5.35. The van der Waals surface area contributed by atoms with Gasteiger partial charge >= 0.3 is 0 Å². The molecule has 1 aromatic carbocycles. The van der Waals surface area contributed by atoms with Gasteiger partial charge in [-0.15, -0.1) is 23.7 Å². The van der Waals surface area contributed by atoms with Gasteiger partial charge in [0.1, 0.15) is 5.82 Å². The minimum absolute atomic E-state index is 0. The number of nitrogens with two attached hydrogens (primary N) is 1. The van der Waals surface area contributed by atoms with Crippen molar-refractivity contribution in [2.75, 3.05) is 18.8 Å². The molecule has 2 aromatic rings. The summed E-state index contributed by atoms with van der Waals surface area (Å²) in [5.41, 5.74) is 6.95. The van der Waals surface area contributed by atoms with E-state index in [2.05, 4.69) is 9.88 Å². The van der Waals surface area contributed by atoms with Gasteiger partial charge in [-0.25, -0.2) is 9.37 Å². The third-order valence-electron chi connectivity index (χ3n) is 4.11. The van der Waals surface area contributed by atoms with Gasteiger partial charge in [0.05, 0.1) is 0 Å². The Labute approximate surface area is 140 Å². The van der Waals surface area contributed by atoms with Crippen LogP contribution in [0.25, 0.3) is 0 Å². The van der Waals surface area contributed by atoms with Crippen LogP contribution in [-0.4, -0.2) is 23.0 Å². The van der Waals surface area contributed by atoms with E-state index in [1.54, 1.807) is 23.5 Å². The summed E-state index contributed by atoms with van der Waals surface area (Å²) in [6, 6.07) is 7.00. The standard InChI is InChI=1S/C16H20FN3S.ClH/c17-14-5-3-13(4-6-14)12-2-1-8-20(9-7-12)11-15-10-19-16(18)21-15;/h3-6,10,12H,1-2,7-9,11H2,(H2,18,19);1H. The summed E-state index contributed by atoms with van der Waals surface area (Å²) >= 11 is 1.57. The van der Waals surface area contributed by atoms with Crippen LogP contribution < -0.4 is 5.73 Å². The lowest BCUT2D eigenvalue weighted by Crippen LogP contribution is -2.23. The molecule has 1 saturated heterocycles. The van der Waals surface area contributed by atoms with E-state index in [9.17, 15) is 4.39 Å². The summed E-state index contributed by atoms with van der Waals surface area (Å²) in [6.45, 7) is 3.11. The predicted octanol–water partition coefficient (Wildman–Crippen LogP) is 4.06. The minimum Gasteiger partial charge on any atom is -0.375 e. The fourth-order valence-electron chi connectivity index (χ4n) is 3.00. The highest BCUT2D eigenvalue weighted by Crippen LogP contribution is 2.29. The zero-order valence-corrected chi connectivity index (χ0v) is 14.0. The van der Waals surface area contributed by atoms with Crippen molar-refractivity contribution in [1.82, 2.24) is 9.88 Å². The van der Waals surface area contributed by atoms with Crippen LogP contribution in [0.3, 0.4) is 0 Å². The van der Waals surface area contributed by atoms with Crippen molar-refractivity contribution in [1.29, 1.82) is 0 Å². The smallest absolute Gasteiger partial charge is 0.180 e. The van der Waals surface area contributed by atoms with Gasteiger partial charge in [0, 0.05) is 17.6 Å². The molecule has 1 atom stereocenters. The fourth-order valence-corrected chi connectivity index (χ4v) is 3.72. The Bertz CT molecular complexity index is 587. The number of likely N-dealkylation sites (tertiary alicyclic amines) is 1. The largest absolute Gasteiger partial charge is 0.375 e. The normalized spacial score (nSPS) is 19.4. The molecule has 1 unspecified atom stereocenters. The number of halogens is 2. The van der Waals surface area contributed by atoms with E-state index in [4.69, 9.17) is 5.73 Å². The van der Waals surface area contributed by atoms with E-state index >= 15 is 0 Å². The molecule has 0 saturated carbocycles. The number of hydrogen-bond donors (Lipinski definition) is 1. The molecule has 22 heavy (non-hydrogen) atoms. The maximum atomic E-state index is 13.0. The van der Waals surface area contributed by atoms with Crippen molar-refractivity contribution in [3.8, 4) is 0 Å². The summed E-state index contributed by atoms with van der Waals surface area (Å²) in [5.74, 6) is 0.388. The Kier molecular flexibility index (Phi) is 6.17. The number of hydrogen-bond acceptors (Lipinski definition) is 4. The Balaban J connectivity index is 0.00000176. The maximum absolute atomic E-state index is 13.0. The number of thiazole rings is 1. The van der Waals surface area contributed by atoms with Crippen molar-refractivity contribution >= 4 is 28.9 Å². The zero-order valence-electron chi connectivity index (χ0n) is 12.4. The Morgan fingerprint density at radius 3 is 2.68 bits per heavy atom. The molecule has 2 N–H and O–H groups in total. The zero-order chi connectivity index (χ0) is 14.7. The molecule has 3 rings (SSSR count). The van der Waals surface area contributed by atoms with Crippen molar-refractivity contribution in [2.45, 2.75) is 31.7 Å². The second-order valence-corrected chi connectivity index (χ2v) is 6.77. The highest BCUT2D eigenvalue weighted by Gasteiger charge is 2.19. The first-order chi connectivity index (χ1) is 10.2. The summed E-state index contributed by atoms with van der Waals surface area (Å²) in [4.78, 5) is 7.81. The third kappa shape index (κ3) is 4.41. The molecule has 0 aliphatic carbocycles. The molecule has 1 fully saturated rings. The Morgan fingerprint density at radius 2 is 2.00 bits per heavy atom. The molecule has 6 heteroatoms. The average Bonchev–Trinajstić information content (AvgIpc) is 2.74. The first-order valence-electron chi connectivity index (χ1n) is 7.39. The lowest BCUT2D eigenvalue weighted by molar-refractivity contribution is 0.278. The van der Waals surface area contributed by atoms with Crippen LogP contribution in [0, 0.1) is 5.82 Å². The van der Waals surface area contributed by atoms with Gasteiger partial charge in [-0.05, 0) is 56.0 Å². The second kappa shape index (κ2) is 7.90. The number of nitrogen functional groups attached to an aromatic ring is 1. The van der Waals surface area contributed by atoms with Crippen LogP contribution >= 0.6 is 23.7 Å². The molecule has 0 bridgehead atoms. The maximum Gasteiger partial charge on any atom is 0.180 e. The SMILES string of the molecule is Cl.Nc1ncc(CN2CCCC(c3ccc(F)cc3)CC2)s1. The average molecular weight is 342 g/mol. The lowest BCUT2D eigenvalue weighted by Gasteiger charge is -2.19. The number of anilines is 1. The monoisotopic (exact) mass is 341 g/mol. The quantitative estimate of drug-likeness (QED) is 0.915. The van der Waals surface area contributed by atoms with E-state index < -0.39 is 0 Å². The summed E-state index contributed by atoms with van der Waals surface area (Å²) in [5, 5.41) is 0.643.